The maximum Gasteiger partial charge on any atom is 0.0253 e. The van der Waals surface area contributed by atoms with Gasteiger partial charge in [0, 0.05) is 37.8 Å². The van der Waals surface area contributed by atoms with Crippen LogP contribution in [0.15, 0.2) is 0 Å². The fraction of sp³-hybridized carbons (Fsp3) is 1.00. The van der Waals surface area contributed by atoms with Gasteiger partial charge in [-0.1, -0.05) is 26.2 Å². The second kappa shape index (κ2) is 6.88. The Kier molecular flexibility index (Phi) is 5.46. The van der Waals surface area contributed by atoms with Gasteiger partial charge in [0.2, 0.25) is 0 Å². The lowest BCUT2D eigenvalue weighted by Gasteiger charge is -2.45. The summed E-state index contributed by atoms with van der Waals surface area (Å²) in [4.78, 5) is 5.26. The molecule has 0 spiro atoms. The van der Waals surface area contributed by atoms with Gasteiger partial charge in [0.25, 0.3) is 0 Å². The number of rotatable bonds is 3. The van der Waals surface area contributed by atoms with Crippen molar-refractivity contribution in [1.82, 2.24) is 15.1 Å². The lowest BCUT2D eigenvalue weighted by Crippen LogP contribution is -2.59. The minimum atomic E-state index is 0.716. The van der Waals surface area contributed by atoms with E-state index in [0.29, 0.717) is 6.04 Å². The summed E-state index contributed by atoms with van der Waals surface area (Å²) in [5.41, 5.74) is 0. The van der Waals surface area contributed by atoms with Gasteiger partial charge in [-0.3, -0.25) is 4.90 Å². The van der Waals surface area contributed by atoms with Gasteiger partial charge in [-0.2, -0.15) is 0 Å². The predicted molar refractivity (Wildman–Crippen MR) is 78.0 cm³/mol. The molecule has 2 rings (SSSR count). The average molecular weight is 253 g/mol. The predicted octanol–water partition coefficient (Wildman–Crippen LogP) is 1.93. The summed E-state index contributed by atoms with van der Waals surface area (Å²) >= 11 is 0. The van der Waals surface area contributed by atoms with Gasteiger partial charge in [0.15, 0.2) is 0 Å². The Bertz CT molecular complexity index is 244. The molecular weight excluding hydrogens is 222 g/mol. The highest BCUT2D eigenvalue weighted by molar-refractivity contribution is 4.91. The third-order valence-corrected chi connectivity index (χ3v) is 4.75. The molecule has 0 amide bonds. The van der Waals surface area contributed by atoms with E-state index >= 15 is 0 Å². The van der Waals surface area contributed by atoms with E-state index in [1.54, 1.807) is 0 Å². The van der Waals surface area contributed by atoms with Gasteiger partial charge >= 0.3 is 0 Å². The first-order valence-corrected chi connectivity index (χ1v) is 7.90. The van der Waals surface area contributed by atoms with Crippen molar-refractivity contribution in [2.75, 3.05) is 33.2 Å². The fourth-order valence-corrected chi connectivity index (χ4v) is 3.83. The topological polar surface area (TPSA) is 18.5 Å². The monoisotopic (exact) mass is 253 g/mol. The van der Waals surface area contributed by atoms with Crippen LogP contribution >= 0.6 is 0 Å². The van der Waals surface area contributed by atoms with Crippen molar-refractivity contribution in [2.24, 2.45) is 0 Å². The molecule has 1 heterocycles. The summed E-state index contributed by atoms with van der Waals surface area (Å²) in [6.07, 6.45) is 7.03. The molecule has 1 aliphatic carbocycles. The quantitative estimate of drug-likeness (QED) is 0.776. The number of hydrogen-bond acceptors (Lipinski definition) is 3. The minimum Gasteiger partial charge on any atom is -0.313 e. The van der Waals surface area contributed by atoms with E-state index in [9.17, 15) is 0 Å². The van der Waals surface area contributed by atoms with Crippen LogP contribution in [0.2, 0.25) is 0 Å². The van der Waals surface area contributed by atoms with Gasteiger partial charge in [-0.15, -0.1) is 0 Å². The van der Waals surface area contributed by atoms with Gasteiger partial charge in [-0.25, -0.2) is 0 Å². The van der Waals surface area contributed by atoms with E-state index in [1.807, 2.05) is 0 Å². The Morgan fingerprint density at radius 1 is 1.11 bits per heavy atom. The molecule has 2 fully saturated rings. The van der Waals surface area contributed by atoms with Crippen LogP contribution in [0.1, 0.15) is 46.0 Å². The minimum absolute atomic E-state index is 0.716. The lowest BCUT2D eigenvalue weighted by atomic mass is 9.98. The Morgan fingerprint density at radius 2 is 1.89 bits per heavy atom. The summed E-state index contributed by atoms with van der Waals surface area (Å²) in [6.45, 7) is 9.49. The van der Waals surface area contributed by atoms with E-state index in [2.05, 4.69) is 36.0 Å². The smallest absolute Gasteiger partial charge is 0.0253 e. The Labute approximate surface area is 113 Å². The zero-order valence-electron chi connectivity index (χ0n) is 12.5. The first kappa shape index (κ1) is 14.3. The van der Waals surface area contributed by atoms with Crippen molar-refractivity contribution in [2.45, 2.75) is 64.1 Å². The maximum absolute atomic E-state index is 3.75. The normalized spacial score (nSPS) is 36.5. The van der Waals surface area contributed by atoms with Gasteiger partial charge in [0.1, 0.15) is 0 Å². The SMILES string of the molecule is CCNC1CCCCCC1N1CCN(C)CC1C. The molecule has 0 aromatic carbocycles. The molecule has 1 saturated carbocycles. The number of piperazine rings is 1. The highest BCUT2D eigenvalue weighted by Gasteiger charge is 2.33. The van der Waals surface area contributed by atoms with Crippen molar-refractivity contribution in [1.29, 1.82) is 0 Å². The maximum atomic E-state index is 3.75. The van der Waals surface area contributed by atoms with Crippen molar-refractivity contribution in [3.8, 4) is 0 Å². The molecule has 2 aliphatic rings. The van der Waals surface area contributed by atoms with E-state index in [0.717, 1.165) is 18.6 Å². The van der Waals surface area contributed by atoms with Crippen LogP contribution in [0.4, 0.5) is 0 Å². The van der Waals surface area contributed by atoms with Crippen molar-refractivity contribution < 1.29 is 0 Å². The summed E-state index contributed by atoms with van der Waals surface area (Å²) in [6, 6.07) is 2.22. The van der Waals surface area contributed by atoms with Crippen LogP contribution in [0, 0.1) is 0 Å². The molecule has 0 radical (unpaired) electrons. The second-order valence-corrected chi connectivity index (χ2v) is 6.22. The van der Waals surface area contributed by atoms with Crippen LogP contribution in [-0.4, -0.2) is 61.2 Å². The standard InChI is InChI=1S/C15H31N3/c1-4-16-14-8-6-5-7-9-15(14)18-11-10-17(3)12-13(18)2/h13-16H,4-12H2,1-3H3. The van der Waals surface area contributed by atoms with Gasteiger partial charge in [0.05, 0.1) is 0 Å². The molecule has 3 heteroatoms. The second-order valence-electron chi connectivity index (χ2n) is 6.22. The van der Waals surface area contributed by atoms with Crippen LogP contribution in [0.25, 0.3) is 0 Å². The molecule has 0 aromatic heterocycles. The summed E-state index contributed by atoms with van der Waals surface area (Å²) in [7, 11) is 2.25. The van der Waals surface area contributed by atoms with Crippen LogP contribution in [-0.2, 0) is 0 Å². The number of hydrogen-bond donors (Lipinski definition) is 1. The third-order valence-electron chi connectivity index (χ3n) is 4.75. The van der Waals surface area contributed by atoms with E-state index < -0.39 is 0 Å². The molecular formula is C15H31N3. The Balaban J connectivity index is 2.02. The van der Waals surface area contributed by atoms with E-state index in [1.165, 1.54) is 51.7 Å². The molecule has 1 N–H and O–H groups in total. The highest BCUT2D eigenvalue weighted by Crippen LogP contribution is 2.25. The largest absolute Gasteiger partial charge is 0.313 e. The summed E-state index contributed by atoms with van der Waals surface area (Å²) in [5, 5.41) is 3.75. The van der Waals surface area contributed by atoms with Crippen molar-refractivity contribution in [3.63, 3.8) is 0 Å². The molecule has 18 heavy (non-hydrogen) atoms. The number of nitrogens with one attached hydrogen (secondary N) is 1. The molecule has 0 aromatic rings. The number of nitrogens with zero attached hydrogens (tertiary/aromatic N) is 2. The first-order valence-electron chi connectivity index (χ1n) is 7.90. The number of likely N-dealkylation sites (N-methyl/N-ethyl adjacent to an activating group) is 2. The molecule has 1 saturated heterocycles. The Hall–Kier alpha value is -0.120. The highest BCUT2D eigenvalue weighted by atomic mass is 15.3. The molecule has 1 aliphatic heterocycles. The van der Waals surface area contributed by atoms with E-state index in [4.69, 9.17) is 0 Å². The molecule has 106 valence electrons. The lowest BCUT2D eigenvalue weighted by molar-refractivity contribution is 0.0420. The zero-order valence-corrected chi connectivity index (χ0v) is 12.5. The van der Waals surface area contributed by atoms with Gasteiger partial charge < -0.3 is 10.2 Å². The van der Waals surface area contributed by atoms with Crippen molar-refractivity contribution in [3.05, 3.63) is 0 Å². The molecule has 0 bridgehead atoms. The van der Waals surface area contributed by atoms with E-state index in [-0.39, 0.29) is 0 Å². The van der Waals surface area contributed by atoms with Crippen LogP contribution < -0.4 is 5.32 Å². The summed E-state index contributed by atoms with van der Waals surface area (Å²) in [5.74, 6) is 0. The first-order chi connectivity index (χ1) is 8.72. The fourth-order valence-electron chi connectivity index (χ4n) is 3.83. The molecule has 3 unspecified atom stereocenters. The zero-order chi connectivity index (χ0) is 13.0. The average Bonchev–Trinajstić information content (AvgIpc) is 2.56. The molecule has 3 atom stereocenters. The Morgan fingerprint density at radius 3 is 2.61 bits per heavy atom. The van der Waals surface area contributed by atoms with Crippen molar-refractivity contribution >= 4 is 0 Å². The summed E-state index contributed by atoms with van der Waals surface area (Å²) < 4.78 is 0. The van der Waals surface area contributed by atoms with Crippen LogP contribution in [0.5, 0.6) is 0 Å². The molecule has 3 nitrogen and oxygen atoms in total. The van der Waals surface area contributed by atoms with Crippen LogP contribution in [0.3, 0.4) is 0 Å². The third kappa shape index (κ3) is 3.46. The van der Waals surface area contributed by atoms with Gasteiger partial charge in [-0.05, 0) is 33.4 Å².